The lowest BCUT2D eigenvalue weighted by atomic mass is 9.86. The number of carbonyl (C=O) groups is 1. The predicted molar refractivity (Wildman–Crippen MR) is 129 cm³/mol. The molecule has 2 N–H and O–H groups in total. The van der Waals surface area contributed by atoms with Gasteiger partial charge in [-0.2, -0.15) is 0 Å². The predicted octanol–water partition coefficient (Wildman–Crippen LogP) is 4.20. The minimum atomic E-state index is -3.79. The molecule has 1 saturated heterocycles. The Hall–Kier alpha value is -2.65. The van der Waals surface area contributed by atoms with Crippen LogP contribution in [-0.2, 0) is 22.9 Å². The van der Waals surface area contributed by atoms with Gasteiger partial charge in [0, 0.05) is 31.4 Å². The summed E-state index contributed by atoms with van der Waals surface area (Å²) in [6.07, 6.45) is 3.79. The Morgan fingerprint density at radius 3 is 2.47 bits per heavy atom. The van der Waals surface area contributed by atoms with Crippen LogP contribution in [0.25, 0.3) is 0 Å². The third kappa shape index (κ3) is 5.70. The number of likely N-dealkylation sites (N-methyl/N-ethyl adjacent to an activating group) is 1. The van der Waals surface area contributed by atoms with Crippen molar-refractivity contribution in [2.75, 3.05) is 30.9 Å². The van der Waals surface area contributed by atoms with Crippen LogP contribution in [0.3, 0.4) is 0 Å². The fourth-order valence-corrected chi connectivity index (χ4v) is 6.17. The smallest absolute Gasteiger partial charge is 0.407 e. The summed E-state index contributed by atoms with van der Waals surface area (Å²) >= 11 is 0. The summed E-state index contributed by atoms with van der Waals surface area (Å²) in [5.41, 5.74) is 2.90. The molecule has 7 nitrogen and oxygen atoms in total. The number of piperidine rings is 1. The number of halogens is 1. The van der Waals surface area contributed by atoms with E-state index in [4.69, 9.17) is 0 Å². The van der Waals surface area contributed by atoms with Gasteiger partial charge in [-0.1, -0.05) is 13.0 Å². The molecule has 4 rings (SSSR count). The molecule has 184 valence electrons. The van der Waals surface area contributed by atoms with Crippen LogP contribution in [0.5, 0.6) is 0 Å². The van der Waals surface area contributed by atoms with E-state index >= 15 is 0 Å². The minimum Gasteiger partial charge on any atom is -0.465 e. The number of sulfonamides is 1. The number of anilines is 1. The molecule has 0 saturated carbocycles. The average molecular weight is 490 g/mol. The first kappa shape index (κ1) is 24.5. The zero-order valence-corrected chi connectivity index (χ0v) is 20.2. The van der Waals surface area contributed by atoms with Gasteiger partial charge in [-0.05, 0) is 92.1 Å². The van der Waals surface area contributed by atoms with E-state index in [1.54, 1.807) is 6.07 Å². The van der Waals surface area contributed by atoms with Crippen molar-refractivity contribution in [1.82, 2.24) is 9.80 Å². The molecule has 1 atom stereocenters. The van der Waals surface area contributed by atoms with E-state index in [-0.39, 0.29) is 4.90 Å². The average Bonchev–Trinajstić information content (AvgIpc) is 2.82. The number of carboxylic acid groups (broad SMARTS) is 1. The largest absolute Gasteiger partial charge is 0.465 e. The van der Waals surface area contributed by atoms with Gasteiger partial charge in [0.1, 0.15) is 5.82 Å². The summed E-state index contributed by atoms with van der Waals surface area (Å²) in [4.78, 5) is 15.2. The summed E-state index contributed by atoms with van der Waals surface area (Å²) in [6, 6.07) is 10.9. The van der Waals surface area contributed by atoms with Crippen LogP contribution in [0.1, 0.15) is 37.3 Å². The highest BCUT2D eigenvalue weighted by Gasteiger charge is 2.28. The molecule has 1 heterocycles. The molecule has 0 aromatic heterocycles. The van der Waals surface area contributed by atoms with Crippen molar-refractivity contribution in [1.29, 1.82) is 0 Å². The molecule has 0 bridgehead atoms. The maximum Gasteiger partial charge on any atom is 0.407 e. The van der Waals surface area contributed by atoms with Crippen molar-refractivity contribution < 1.29 is 22.7 Å². The van der Waals surface area contributed by atoms with Gasteiger partial charge in [0.2, 0.25) is 0 Å². The number of fused-ring (bicyclic) bond motifs is 1. The molecule has 1 aliphatic carbocycles. The van der Waals surface area contributed by atoms with Gasteiger partial charge in [0.05, 0.1) is 4.90 Å². The zero-order valence-electron chi connectivity index (χ0n) is 19.4. The van der Waals surface area contributed by atoms with Gasteiger partial charge >= 0.3 is 6.09 Å². The van der Waals surface area contributed by atoms with Gasteiger partial charge in [0.25, 0.3) is 10.0 Å². The Kier molecular flexibility index (Phi) is 7.42. The molecule has 34 heavy (non-hydrogen) atoms. The highest BCUT2D eigenvalue weighted by molar-refractivity contribution is 7.92. The highest BCUT2D eigenvalue weighted by Crippen LogP contribution is 2.29. The zero-order chi connectivity index (χ0) is 24.3. The minimum absolute atomic E-state index is 0.0237. The Morgan fingerprint density at radius 2 is 1.82 bits per heavy atom. The standard InChI is InChI=1S/C25H32FN3O4S/c1-2-28(17-18-11-13-29(14-12-18)25(30)31)23-8-4-19-3-7-22(15-20(19)16-23)27-34(32,33)24-9-5-21(26)6-10-24/h3,5-7,9-10,15,18,23,27H,2,4,8,11-14,16-17H2,1H3,(H,30,31). The van der Waals surface area contributed by atoms with E-state index in [9.17, 15) is 22.7 Å². The van der Waals surface area contributed by atoms with Gasteiger partial charge in [-0.25, -0.2) is 17.6 Å². The van der Waals surface area contributed by atoms with Crippen LogP contribution in [0.2, 0.25) is 0 Å². The van der Waals surface area contributed by atoms with Crippen LogP contribution in [0, 0.1) is 11.7 Å². The molecule has 9 heteroatoms. The van der Waals surface area contributed by atoms with Crippen LogP contribution in [0.15, 0.2) is 47.4 Å². The Bertz CT molecular complexity index is 1120. The second-order valence-electron chi connectivity index (χ2n) is 9.24. The number of nitrogens with one attached hydrogen (secondary N) is 1. The lowest BCUT2D eigenvalue weighted by Gasteiger charge is -2.39. The van der Waals surface area contributed by atoms with Crippen LogP contribution in [-0.4, -0.2) is 61.6 Å². The van der Waals surface area contributed by atoms with Gasteiger partial charge < -0.3 is 14.9 Å². The summed E-state index contributed by atoms with van der Waals surface area (Å²) in [5, 5.41) is 9.18. The van der Waals surface area contributed by atoms with Gasteiger partial charge in [0.15, 0.2) is 0 Å². The van der Waals surface area contributed by atoms with Gasteiger partial charge in [-0.15, -0.1) is 0 Å². The van der Waals surface area contributed by atoms with E-state index in [0.29, 0.717) is 30.7 Å². The molecule has 1 unspecified atom stereocenters. The van der Waals surface area contributed by atoms with Crippen LogP contribution >= 0.6 is 0 Å². The second-order valence-corrected chi connectivity index (χ2v) is 10.9. The van der Waals surface area contributed by atoms with E-state index < -0.39 is 21.9 Å². The molecule has 2 aromatic carbocycles. The first-order valence-corrected chi connectivity index (χ1v) is 13.4. The number of rotatable bonds is 7. The summed E-state index contributed by atoms with van der Waals surface area (Å²) < 4.78 is 41.2. The fourth-order valence-electron chi connectivity index (χ4n) is 5.12. The molecule has 2 aromatic rings. The lowest BCUT2D eigenvalue weighted by Crippen LogP contribution is -2.45. The first-order valence-electron chi connectivity index (χ1n) is 11.9. The summed E-state index contributed by atoms with van der Waals surface area (Å²) in [7, 11) is -3.79. The topological polar surface area (TPSA) is 89.9 Å². The molecule has 0 radical (unpaired) electrons. The first-order chi connectivity index (χ1) is 16.2. The van der Waals surface area contributed by atoms with Gasteiger partial charge in [-0.3, -0.25) is 4.72 Å². The normalized spacial score (nSPS) is 19.1. The van der Waals surface area contributed by atoms with E-state index in [0.717, 1.165) is 62.9 Å². The molecule has 2 aliphatic rings. The van der Waals surface area contributed by atoms with Crippen LogP contribution in [0.4, 0.5) is 14.9 Å². The number of amides is 1. The van der Waals surface area contributed by atoms with Crippen molar-refractivity contribution in [3.63, 3.8) is 0 Å². The number of hydrogen-bond acceptors (Lipinski definition) is 4. The fraction of sp³-hybridized carbons (Fsp3) is 0.480. The molecule has 1 aliphatic heterocycles. The van der Waals surface area contributed by atoms with Crippen LogP contribution < -0.4 is 4.72 Å². The molecule has 0 spiro atoms. The Morgan fingerprint density at radius 1 is 1.12 bits per heavy atom. The Balaban J connectivity index is 1.41. The number of hydrogen-bond donors (Lipinski definition) is 2. The quantitative estimate of drug-likeness (QED) is 0.609. The number of aryl methyl sites for hydroxylation is 1. The van der Waals surface area contributed by atoms with Crippen molar-refractivity contribution in [3.8, 4) is 0 Å². The molecular formula is C25H32FN3O4S. The SMILES string of the molecule is CCN(CC1CCN(C(=O)O)CC1)C1CCc2ccc(NS(=O)(=O)c3ccc(F)cc3)cc2C1. The van der Waals surface area contributed by atoms with Crippen molar-refractivity contribution in [3.05, 3.63) is 59.4 Å². The third-order valence-corrected chi connectivity index (χ3v) is 8.48. The van der Waals surface area contributed by atoms with Crippen molar-refractivity contribution >= 4 is 21.8 Å². The lowest BCUT2D eigenvalue weighted by molar-refractivity contribution is 0.101. The third-order valence-electron chi connectivity index (χ3n) is 7.09. The highest BCUT2D eigenvalue weighted by atomic mass is 32.2. The summed E-state index contributed by atoms with van der Waals surface area (Å²) in [5.74, 6) is 0.0116. The van der Waals surface area contributed by atoms with Crippen molar-refractivity contribution in [2.45, 2.75) is 50.0 Å². The monoisotopic (exact) mass is 489 g/mol. The number of benzene rings is 2. The Labute approximate surface area is 200 Å². The molecule has 1 fully saturated rings. The maximum atomic E-state index is 13.2. The maximum absolute atomic E-state index is 13.2. The second kappa shape index (κ2) is 10.3. The van der Waals surface area contributed by atoms with E-state index in [2.05, 4.69) is 16.5 Å². The molecular weight excluding hydrogens is 457 g/mol. The van der Waals surface area contributed by atoms with Crippen molar-refractivity contribution in [2.24, 2.45) is 5.92 Å². The summed E-state index contributed by atoms with van der Waals surface area (Å²) in [6.45, 7) is 5.25. The van der Waals surface area contributed by atoms with E-state index in [1.165, 1.54) is 22.6 Å². The molecule has 1 amide bonds. The number of likely N-dealkylation sites (tertiary alicyclic amines) is 1. The number of nitrogens with zero attached hydrogens (tertiary/aromatic N) is 2. The van der Waals surface area contributed by atoms with E-state index in [1.807, 2.05) is 12.1 Å².